The van der Waals surface area contributed by atoms with Crippen molar-refractivity contribution >= 4 is 28.9 Å². The zero-order valence-electron chi connectivity index (χ0n) is 10.7. The van der Waals surface area contributed by atoms with Gasteiger partial charge in [-0.25, -0.2) is 0 Å². The fraction of sp³-hybridized carbons (Fsp3) is 0.167. The molecule has 0 unspecified atom stereocenters. The highest BCUT2D eigenvalue weighted by molar-refractivity contribution is 5.85. The van der Waals surface area contributed by atoms with Gasteiger partial charge in [0, 0.05) is 6.92 Å². The minimum absolute atomic E-state index is 0.0727. The monoisotopic (exact) mass is 258 g/mol. The Balaban J connectivity index is 2.33. The van der Waals surface area contributed by atoms with Crippen LogP contribution in [0.4, 0.5) is 23.0 Å². The van der Waals surface area contributed by atoms with E-state index in [0.717, 1.165) is 10.2 Å². The molecule has 1 aromatic heterocycles. The lowest BCUT2D eigenvalue weighted by Gasteiger charge is -1.96. The van der Waals surface area contributed by atoms with E-state index in [0.29, 0.717) is 5.69 Å². The Bertz CT molecular complexity index is 641. The van der Waals surface area contributed by atoms with E-state index in [-0.39, 0.29) is 23.2 Å². The first-order chi connectivity index (χ1) is 8.99. The van der Waals surface area contributed by atoms with Crippen LogP contribution >= 0.6 is 0 Å². The largest absolute Gasteiger partial charge is 0.382 e. The van der Waals surface area contributed by atoms with Crippen LogP contribution in [0.3, 0.4) is 0 Å². The van der Waals surface area contributed by atoms with Crippen LogP contribution in [0, 0.1) is 6.92 Å². The molecule has 0 aliphatic carbocycles. The van der Waals surface area contributed by atoms with E-state index in [9.17, 15) is 4.79 Å². The number of nitrogens with two attached hydrogens (primary N) is 2. The predicted molar refractivity (Wildman–Crippen MR) is 72.7 cm³/mol. The van der Waals surface area contributed by atoms with Gasteiger partial charge in [0.05, 0.1) is 5.69 Å². The third kappa shape index (κ3) is 2.59. The Morgan fingerprint density at radius 3 is 2.37 bits per heavy atom. The van der Waals surface area contributed by atoms with Gasteiger partial charge in [0.1, 0.15) is 0 Å². The third-order valence-electron chi connectivity index (χ3n) is 2.52. The lowest BCUT2D eigenvalue weighted by atomic mass is 10.2. The normalized spacial score (nSPS) is 11.1. The number of aromatic nitrogens is 2. The van der Waals surface area contributed by atoms with Crippen molar-refractivity contribution in [2.24, 2.45) is 10.2 Å². The highest BCUT2D eigenvalue weighted by Gasteiger charge is 2.15. The summed E-state index contributed by atoms with van der Waals surface area (Å²) in [6.07, 6.45) is 0. The molecule has 0 aliphatic rings. The van der Waals surface area contributed by atoms with Crippen molar-refractivity contribution in [3.63, 3.8) is 0 Å². The molecule has 2 aromatic rings. The van der Waals surface area contributed by atoms with E-state index in [4.69, 9.17) is 11.5 Å². The van der Waals surface area contributed by atoms with E-state index in [1.807, 2.05) is 31.2 Å². The maximum atomic E-state index is 11.2. The molecule has 0 radical (unpaired) electrons. The average Bonchev–Trinajstić information content (AvgIpc) is 2.65. The number of anilines is 2. The highest BCUT2D eigenvalue weighted by atomic mass is 16.2. The first kappa shape index (κ1) is 12.7. The molecule has 7 nitrogen and oxygen atoms in total. The molecule has 19 heavy (non-hydrogen) atoms. The summed E-state index contributed by atoms with van der Waals surface area (Å²) in [5, 5.41) is 11.8. The summed E-state index contributed by atoms with van der Waals surface area (Å²) in [7, 11) is 0. The molecule has 7 heteroatoms. The van der Waals surface area contributed by atoms with Crippen LogP contribution in [0.5, 0.6) is 0 Å². The number of benzene rings is 1. The van der Waals surface area contributed by atoms with Crippen molar-refractivity contribution in [2.75, 3.05) is 11.5 Å². The summed E-state index contributed by atoms with van der Waals surface area (Å²) < 4.78 is 0.999. The van der Waals surface area contributed by atoms with Crippen LogP contribution in [-0.4, -0.2) is 15.7 Å². The molecule has 0 saturated heterocycles. The molecule has 0 amide bonds. The van der Waals surface area contributed by atoms with Crippen molar-refractivity contribution < 1.29 is 4.79 Å². The van der Waals surface area contributed by atoms with Crippen molar-refractivity contribution in [3.05, 3.63) is 29.8 Å². The minimum atomic E-state index is -0.332. The molecule has 98 valence electrons. The van der Waals surface area contributed by atoms with Gasteiger partial charge in [-0.15, -0.1) is 10.2 Å². The van der Waals surface area contributed by atoms with Crippen LogP contribution in [0.25, 0.3) is 0 Å². The average molecular weight is 258 g/mol. The Morgan fingerprint density at radius 1 is 1.21 bits per heavy atom. The molecule has 2 rings (SSSR count). The van der Waals surface area contributed by atoms with Gasteiger partial charge in [-0.1, -0.05) is 17.7 Å². The number of nitrogen functional groups attached to an aromatic ring is 2. The topological polar surface area (TPSA) is 112 Å². The molecule has 1 aromatic carbocycles. The molecule has 0 atom stereocenters. The zero-order valence-corrected chi connectivity index (χ0v) is 10.7. The molecular formula is C12H14N6O. The van der Waals surface area contributed by atoms with Gasteiger partial charge < -0.3 is 11.5 Å². The van der Waals surface area contributed by atoms with Crippen LogP contribution < -0.4 is 11.5 Å². The van der Waals surface area contributed by atoms with Crippen LogP contribution in [0.2, 0.25) is 0 Å². The van der Waals surface area contributed by atoms with E-state index < -0.39 is 0 Å². The summed E-state index contributed by atoms with van der Waals surface area (Å²) >= 11 is 0. The van der Waals surface area contributed by atoms with Gasteiger partial charge in [0.15, 0.2) is 17.3 Å². The van der Waals surface area contributed by atoms with Gasteiger partial charge in [-0.2, -0.15) is 9.80 Å². The first-order valence-corrected chi connectivity index (χ1v) is 5.62. The standard InChI is InChI=1S/C12H14N6O/c1-7-3-5-9(6-4-7)15-16-10-11(13)17-18(8(2)19)12(10)14/h3-6H,14H2,1-2H3,(H2,13,17). The highest BCUT2D eigenvalue weighted by Crippen LogP contribution is 2.30. The fourth-order valence-corrected chi connectivity index (χ4v) is 1.50. The first-order valence-electron chi connectivity index (χ1n) is 5.62. The molecule has 0 spiro atoms. The summed E-state index contributed by atoms with van der Waals surface area (Å²) in [5.74, 6) is -0.176. The van der Waals surface area contributed by atoms with E-state index in [1.165, 1.54) is 6.92 Å². The van der Waals surface area contributed by atoms with Crippen molar-refractivity contribution in [1.29, 1.82) is 0 Å². The number of nitrogens with zero attached hydrogens (tertiary/aromatic N) is 4. The van der Waals surface area contributed by atoms with Gasteiger partial charge in [0.2, 0.25) is 5.91 Å². The Morgan fingerprint density at radius 2 is 1.84 bits per heavy atom. The smallest absolute Gasteiger partial charge is 0.245 e. The molecule has 1 heterocycles. The van der Waals surface area contributed by atoms with Crippen molar-refractivity contribution in [2.45, 2.75) is 13.8 Å². The summed E-state index contributed by atoms with van der Waals surface area (Å²) in [4.78, 5) is 11.2. The predicted octanol–water partition coefficient (Wildman–Crippen LogP) is 2.43. The second-order valence-corrected chi connectivity index (χ2v) is 4.09. The molecular weight excluding hydrogens is 244 g/mol. The maximum Gasteiger partial charge on any atom is 0.245 e. The van der Waals surface area contributed by atoms with Gasteiger partial charge in [-0.3, -0.25) is 4.79 Å². The minimum Gasteiger partial charge on any atom is -0.382 e. The number of azo groups is 1. The molecule has 0 fully saturated rings. The lowest BCUT2D eigenvalue weighted by molar-refractivity contribution is 0.0924. The molecule has 0 saturated carbocycles. The van der Waals surface area contributed by atoms with E-state index >= 15 is 0 Å². The summed E-state index contributed by atoms with van der Waals surface area (Å²) in [6.45, 7) is 3.32. The second kappa shape index (κ2) is 4.89. The quantitative estimate of drug-likeness (QED) is 0.805. The van der Waals surface area contributed by atoms with Gasteiger partial charge >= 0.3 is 0 Å². The SMILES string of the molecule is CC(=O)n1nc(N)c(N=Nc2ccc(C)cc2)c1N. The summed E-state index contributed by atoms with van der Waals surface area (Å²) in [6, 6.07) is 7.47. The number of hydrogen-bond donors (Lipinski definition) is 2. The number of carbonyl (C=O) groups excluding carboxylic acids is 1. The van der Waals surface area contributed by atoms with E-state index in [2.05, 4.69) is 15.3 Å². The molecule has 0 bridgehead atoms. The van der Waals surface area contributed by atoms with Crippen molar-refractivity contribution in [3.8, 4) is 0 Å². The maximum absolute atomic E-state index is 11.2. The Hall–Kier alpha value is -2.70. The second-order valence-electron chi connectivity index (χ2n) is 4.09. The number of hydrogen-bond acceptors (Lipinski definition) is 6. The molecule has 4 N–H and O–H groups in total. The Kier molecular flexibility index (Phi) is 3.28. The van der Waals surface area contributed by atoms with Crippen LogP contribution in [0.1, 0.15) is 17.3 Å². The zero-order chi connectivity index (χ0) is 14.0. The lowest BCUT2D eigenvalue weighted by Crippen LogP contribution is -2.10. The van der Waals surface area contributed by atoms with Crippen LogP contribution in [-0.2, 0) is 0 Å². The number of rotatable bonds is 2. The van der Waals surface area contributed by atoms with E-state index in [1.54, 1.807) is 0 Å². The van der Waals surface area contributed by atoms with Gasteiger partial charge in [0.25, 0.3) is 0 Å². The Labute approximate surface area is 109 Å². The van der Waals surface area contributed by atoms with Gasteiger partial charge in [-0.05, 0) is 19.1 Å². The number of carbonyl (C=O) groups is 1. The number of aryl methyl sites for hydroxylation is 1. The third-order valence-corrected chi connectivity index (χ3v) is 2.52. The van der Waals surface area contributed by atoms with Crippen LogP contribution in [0.15, 0.2) is 34.5 Å². The van der Waals surface area contributed by atoms with Crippen molar-refractivity contribution in [1.82, 2.24) is 9.78 Å². The summed E-state index contributed by atoms with van der Waals surface area (Å²) in [5.41, 5.74) is 13.4. The molecule has 0 aliphatic heterocycles. The fourth-order valence-electron chi connectivity index (χ4n) is 1.50.